The van der Waals surface area contributed by atoms with Crippen LogP contribution in [0, 0.1) is 0 Å². The van der Waals surface area contributed by atoms with Gasteiger partial charge in [0.2, 0.25) is 17.2 Å². The number of imide groups is 1. The van der Waals surface area contributed by atoms with Gasteiger partial charge in [-0.3, -0.25) is 19.3 Å². The molecule has 1 fully saturated rings. The predicted molar refractivity (Wildman–Crippen MR) is 178 cm³/mol. The highest BCUT2D eigenvalue weighted by Gasteiger charge is 2.39. The van der Waals surface area contributed by atoms with Crippen LogP contribution >= 0.6 is 11.8 Å². The van der Waals surface area contributed by atoms with Crippen molar-refractivity contribution < 1.29 is 28.6 Å². The normalized spacial score (nSPS) is 20.3. The molecule has 8 rings (SSSR count). The number of likely N-dealkylation sites (tertiary alicyclic amines) is 1. The fourth-order valence-electron chi connectivity index (χ4n) is 7.87. The summed E-state index contributed by atoms with van der Waals surface area (Å²) in [6.45, 7) is 3.88. The molecule has 1 saturated heterocycles. The highest BCUT2D eigenvalue weighted by atomic mass is 32.2. The van der Waals surface area contributed by atoms with Crippen LogP contribution < -0.4 is 36.1 Å². The molecule has 2 atom stereocenters. The van der Waals surface area contributed by atoms with E-state index in [9.17, 15) is 19.2 Å². The predicted octanol–water partition coefficient (Wildman–Crippen LogP) is 1.53. The molecular weight excluding hydrogens is 620 g/mol. The van der Waals surface area contributed by atoms with Crippen LogP contribution in [0.1, 0.15) is 54.4 Å². The first-order valence-electron chi connectivity index (χ1n) is 16.6. The van der Waals surface area contributed by atoms with Gasteiger partial charge in [0.25, 0.3) is 0 Å². The number of ether oxygens (including phenoxy) is 1. The summed E-state index contributed by atoms with van der Waals surface area (Å²) in [5.74, 6) is -0.280. The van der Waals surface area contributed by atoms with E-state index in [1.165, 1.54) is 21.7 Å². The number of anilines is 1. The number of hydrogen-bond donors (Lipinski definition) is 2. The van der Waals surface area contributed by atoms with Crippen molar-refractivity contribution in [1.29, 1.82) is 0 Å². The number of nitrogens with two attached hydrogens (primary N) is 1. The zero-order valence-corrected chi connectivity index (χ0v) is 26.9. The molecule has 6 heterocycles. The Hall–Kier alpha value is -4.16. The fourth-order valence-corrected chi connectivity index (χ4v) is 8.98. The highest BCUT2D eigenvalue weighted by molar-refractivity contribution is 8.00. The molecule has 0 radical (unpaired) electrons. The number of carbonyl (C=O) groups is 3. The summed E-state index contributed by atoms with van der Waals surface area (Å²) < 4.78 is 14.9. The van der Waals surface area contributed by atoms with E-state index in [-0.39, 0.29) is 29.6 Å². The maximum Gasteiger partial charge on any atom is 0.347 e. The summed E-state index contributed by atoms with van der Waals surface area (Å²) in [6.07, 6.45) is 8.46. The van der Waals surface area contributed by atoms with Crippen molar-refractivity contribution in [3.8, 4) is 11.5 Å². The smallest absolute Gasteiger partial charge is 0.347 e. The summed E-state index contributed by atoms with van der Waals surface area (Å²) in [7, 11) is 0. The second-order valence-corrected chi connectivity index (χ2v) is 14.4. The van der Waals surface area contributed by atoms with E-state index in [0.29, 0.717) is 42.2 Å². The van der Waals surface area contributed by atoms with E-state index in [1.54, 1.807) is 0 Å². The van der Waals surface area contributed by atoms with Crippen molar-refractivity contribution >= 4 is 52.3 Å². The zero-order chi connectivity index (χ0) is 32.4. The molecule has 12 heteroatoms. The van der Waals surface area contributed by atoms with Crippen LogP contribution in [0.4, 0.5) is 5.69 Å². The minimum atomic E-state index is -1.12. The number of carboxylic acids is 1. The van der Waals surface area contributed by atoms with Crippen molar-refractivity contribution in [3.63, 3.8) is 0 Å². The number of hydrogen-bond acceptors (Lipinski definition) is 9. The van der Waals surface area contributed by atoms with Crippen LogP contribution in [0.2, 0.25) is 0 Å². The largest absolute Gasteiger partial charge is 0.480 e. The van der Waals surface area contributed by atoms with Crippen LogP contribution in [0.3, 0.4) is 0 Å². The van der Waals surface area contributed by atoms with Gasteiger partial charge < -0.3 is 24.9 Å². The number of nitrogens with zero attached hydrogens (tertiary/aromatic N) is 3. The number of thioether (sulfide) groups is 1. The SMILES string of the molecule is NC(CSC1CC(=O)N(CCC[N+]2=c3cc4c(cc3CCC2)=Cc2c(c3cc5c6c(c3oc2=O)CCCN6CCC5)O4)C1=O)C(=O)O. The van der Waals surface area contributed by atoms with E-state index < -0.39 is 17.3 Å². The summed E-state index contributed by atoms with van der Waals surface area (Å²) in [4.78, 5) is 53.7. The maximum absolute atomic E-state index is 13.4. The van der Waals surface area contributed by atoms with Gasteiger partial charge in [-0.05, 0) is 55.9 Å². The molecule has 2 unspecified atom stereocenters. The van der Waals surface area contributed by atoms with Crippen molar-refractivity contribution in [2.24, 2.45) is 5.73 Å². The van der Waals surface area contributed by atoms with Gasteiger partial charge >= 0.3 is 11.6 Å². The highest BCUT2D eigenvalue weighted by Crippen LogP contribution is 2.44. The minimum Gasteiger partial charge on any atom is -0.480 e. The average Bonchev–Trinajstić information content (AvgIpc) is 3.34. The van der Waals surface area contributed by atoms with Gasteiger partial charge in [-0.2, -0.15) is 0 Å². The molecule has 3 aromatic rings. The molecule has 5 aliphatic heterocycles. The second kappa shape index (κ2) is 11.8. The number of aryl methyl sites for hydroxylation is 3. The van der Waals surface area contributed by atoms with E-state index in [4.69, 9.17) is 20.0 Å². The number of benzene rings is 2. The van der Waals surface area contributed by atoms with Crippen LogP contribution in [0.25, 0.3) is 17.0 Å². The lowest BCUT2D eigenvalue weighted by molar-refractivity contribution is -0.139. The monoisotopic (exact) mass is 657 g/mol. The Morgan fingerprint density at radius 3 is 2.72 bits per heavy atom. The maximum atomic E-state index is 13.4. The van der Waals surface area contributed by atoms with Gasteiger partial charge in [-0.15, -0.1) is 11.8 Å². The van der Waals surface area contributed by atoms with E-state index in [0.717, 1.165) is 91.4 Å². The third kappa shape index (κ3) is 5.22. The minimum absolute atomic E-state index is 0.0689. The van der Waals surface area contributed by atoms with Crippen molar-refractivity contribution in [2.45, 2.75) is 62.7 Å². The first-order valence-corrected chi connectivity index (χ1v) is 17.6. The summed E-state index contributed by atoms with van der Waals surface area (Å²) in [5, 5.41) is 11.2. The summed E-state index contributed by atoms with van der Waals surface area (Å²) >= 11 is 1.14. The van der Waals surface area contributed by atoms with Crippen LogP contribution in [-0.4, -0.2) is 77.6 Å². The Labute approximate surface area is 274 Å². The fraction of sp³-hybridized carbons (Fsp3) is 0.457. The standard InChI is InChI=1S/C35H36N4O7S/c36-25(34(42)43)18-47-28-17-29(40)39(33(28)41)12-4-11-37-8-1-5-19-13-21-15-24-32(45-27(21)16-26(19)37)23-14-20-6-2-9-38-10-3-7-22(30(20)38)31(23)46-35(24)44/h13-16,25,28H,1-12,17-18,36H2/p+1. The molecule has 2 amide bonds. The lowest BCUT2D eigenvalue weighted by Gasteiger charge is -2.37. The number of fused-ring (bicyclic) bond motifs is 6. The Bertz CT molecular complexity index is 2060. The second-order valence-electron chi connectivity index (χ2n) is 13.1. The molecule has 0 spiro atoms. The van der Waals surface area contributed by atoms with Gasteiger partial charge in [0.05, 0.1) is 16.7 Å². The van der Waals surface area contributed by atoms with Crippen molar-refractivity contribution in [3.05, 3.63) is 61.4 Å². The lowest BCUT2D eigenvalue weighted by atomic mass is 9.89. The molecule has 1 aromatic heterocycles. The molecule has 5 aliphatic rings. The average molecular weight is 658 g/mol. The molecule has 2 aromatic carbocycles. The molecule has 47 heavy (non-hydrogen) atoms. The molecule has 0 aliphatic carbocycles. The quantitative estimate of drug-likeness (QED) is 0.163. The molecule has 244 valence electrons. The molecular formula is C35H37N4O7S+. The van der Waals surface area contributed by atoms with Gasteiger partial charge in [0.1, 0.15) is 36.0 Å². The zero-order valence-electron chi connectivity index (χ0n) is 26.1. The number of amides is 2. The van der Waals surface area contributed by atoms with Crippen molar-refractivity contribution in [2.75, 3.05) is 43.4 Å². The number of aliphatic carboxylic acids is 1. The van der Waals surface area contributed by atoms with Gasteiger partial charge in [-0.1, -0.05) is 0 Å². The molecule has 0 bridgehead atoms. The van der Waals surface area contributed by atoms with Crippen molar-refractivity contribution in [1.82, 2.24) is 9.48 Å². The Morgan fingerprint density at radius 2 is 1.89 bits per heavy atom. The molecule has 3 N–H and O–H groups in total. The lowest BCUT2D eigenvalue weighted by Crippen LogP contribution is -2.41. The summed E-state index contributed by atoms with van der Waals surface area (Å²) in [5.41, 5.74) is 11.1. The Balaban J connectivity index is 1.07. The van der Waals surface area contributed by atoms with Gasteiger partial charge in [0, 0.05) is 66.7 Å². The number of carboxylic acid groups (broad SMARTS) is 1. The van der Waals surface area contributed by atoms with Crippen LogP contribution in [0.5, 0.6) is 11.5 Å². The molecule has 0 saturated carbocycles. The van der Waals surface area contributed by atoms with Gasteiger partial charge in [0.15, 0.2) is 5.75 Å². The number of carbonyl (C=O) groups excluding carboxylic acids is 2. The third-order valence-electron chi connectivity index (χ3n) is 10.1. The van der Waals surface area contributed by atoms with E-state index in [2.05, 4.69) is 27.7 Å². The van der Waals surface area contributed by atoms with Crippen LogP contribution in [-0.2, 0) is 33.6 Å². The molecule has 11 nitrogen and oxygen atoms in total. The van der Waals surface area contributed by atoms with Gasteiger partial charge in [-0.25, -0.2) is 9.37 Å². The van der Waals surface area contributed by atoms with E-state index >= 15 is 0 Å². The third-order valence-corrected chi connectivity index (χ3v) is 11.4. The Morgan fingerprint density at radius 1 is 1.09 bits per heavy atom. The summed E-state index contributed by atoms with van der Waals surface area (Å²) in [6, 6.07) is 5.27. The first-order chi connectivity index (χ1) is 22.8. The van der Waals surface area contributed by atoms with Crippen LogP contribution in [0.15, 0.2) is 27.4 Å². The topological polar surface area (TPSA) is 146 Å². The van der Waals surface area contributed by atoms with E-state index in [1.807, 2.05) is 6.08 Å². The number of rotatable bonds is 8. The Kier molecular flexibility index (Phi) is 7.59. The first kappa shape index (κ1) is 30.2.